The Morgan fingerprint density at radius 2 is 2.19 bits per heavy atom. The monoisotopic (exact) mass is 410 g/mol. The fraction of sp³-hybridized carbons (Fsp3) is 0.375. The van der Waals surface area contributed by atoms with Gasteiger partial charge < -0.3 is 15.4 Å². The number of ether oxygens (including phenoxy) is 1. The van der Waals surface area contributed by atoms with Gasteiger partial charge in [0.2, 0.25) is 11.0 Å². The van der Waals surface area contributed by atoms with Gasteiger partial charge in [-0.2, -0.15) is 0 Å². The Labute approximate surface area is 163 Å². The fourth-order valence-electron chi connectivity index (χ4n) is 2.60. The third kappa shape index (κ3) is 4.25. The van der Waals surface area contributed by atoms with Gasteiger partial charge in [0.25, 0.3) is 0 Å². The summed E-state index contributed by atoms with van der Waals surface area (Å²) >= 11 is 4.16. The van der Waals surface area contributed by atoms with E-state index in [-0.39, 0.29) is 11.7 Å². The maximum atomic E-state index is 12.3. The first-order chi connectivity index (χ1) is 12.6. The van der Waals surface area contributed by atoms with Gasteiger partial charge in [0.1, 0.15) is 5.00 Å². The number of hydrogen-bond donors (Lipinski definition) is 2. The number of anilines is 2. The van der Waals surface area contributed by atoms with E-state index in [1.54, 1.807) is 6.08 Å². The van der Waals surface area contributed by atoms with Crippen LogP contribution in [0, 0.1) is 0 Å². The molecule has 2 heterocycles. The standard InChI is InChI=1S/C16H18N4O3S3/c1-3-7-17-15-19-20-16(26-15)24-8-11(21)18-13-12(14(22)23-2)9-5-4-6-10(9)25-13/h3H,1,4-8H2,2H3,(H,17,19)(H,18,21). The molecule has 26 heavy (non-hydrogen) atoms. The summed E-state index contributed by atoms with van der Waals surface area (Å²) in [5.41, 5.74) is 1.53. The van der Waals surface area contributed by atoms with Crippen LogP contribution >= 0.6 is 34.4 Å². The van der Waals surface area contributed by atoms with E-state index >= 15 is 0 Å². The average Bonchev–Trinajstić information content (AvgIpc) is 3.33. The van der Waals surface area contributed by atoms with Crippen molar-refractivity contribution in [1.82, 2.24) is 10.2 Å². The summed E-state index contributed by atoms with van der Waals surface area (Å²) in [7, 11) is 1.36. The number of amides is 1. The molecule has 0 bridgehead atoms. The largest absolute Gasteiger partial charge is 0.465 e. The van der Waals surface area contributed by atoms with Gasteiger partial charge in [-0.15, -0.1) is 28.1 Å². The lowest BCUT2D eigenvalue weighted by molar-refractivity contribution is -0.113. The Kier molecular flexibility index (Phi) is 6.28. The van der Waals surface area contributed by atoms with Crippen LogP contribution in [-0.4, -0.2) is 41.5 Å². The number of esters is 1. The third-order valence-electron chi connectivity index (χ3n) is 3.69. The van der Waals surface area contributed by atoms with Crippen LogP contribution in [0.25, 0.3) is 0 Å². The zero-order chi connectivity index (χ0) is 18.5. The molecular formula is C16H18N4O3S3. The predicted molar refractivity (Wildman–Crippen MR) is 106 cm³/mol. The number of fused-ring (bicyclic) bond motifs is 1. The number of methoxy groups -OCH3 is 1. The van der Waals surface area contributed by atoms with Gasteiger partial charge in [-0.3, -0.25) is 4.79 Å². The van der Waals surface area contributed by atoms with Crippen molar-refractivity contribution < 1.29 is 14.3 Å². The van der Waals surface area contributed by atoms with Gasteiger partial charge in [0, 0.05) is 11.4 Å². The van der Waals surface area contributed by atoms with Gasteiger partial charge in [0.15, 0.2) is 4.34 Å². The number of aryl methyl sites for hydroxylation is 1. The lowest BCUT2D eigenvalue weighted by Gasteiger charge is -2.06. The maximum absolute atomic E-state index is 12.3. The molecule has 0 fully saturated rings. The molecule has 2 aromatic rings. The molecule has 0 atom stereocenters. The van der Waals surface area contributed by atoms with E-state index in [2.05, 4.69) is 27.4 Å². The fourth-order valence-corrected chi connectivity index (χ4v) is 5.45. The molecule has 138 valence electrons. The molecule has 1 aliphatic rings. The highest BCUT2D eigenvalue weighted by molar-refractivity contribution is 8.01. The molecule has 0 unspecified atom stereocenters. The summed E-state index contributed by atoms with van der Waals surface area (Å²) in [4.78, 5) is 25.6. The highest BCUT2D eigenvalue weighted by atomic mass is 32.2. The second kappa shape index (κ2) is 8.65. The van der Waals surface area contributed by atoms with Crippen molar-refractivity contribution in [3.8, 4) is 0 Å². The lowest BCUT2D eigenvalue weighted by Crippen LogP contribution is -2.16. The average molecular weight is 411 g/mol. The van der Waals surface area contributed by atoms with Crippen LogP contribution in [0.15, 0.2) is 17.0 Å². The van der Waals surface area contributed by atoms with Crippen molar-refractivity contribution in [3.05, 3.63) is 28.7 Å². The Morgan fingerprint density at radius 1 is 1.35 bits per heavy atom. The van der Waals surface area contributed by atoms with Crippen LogP contribution in [0.5, 0.6) is 0 Å². The van der Waals surface area contributed by atoms with Crippen molar-refractivity contribution in [2.45, 2.75) is 23.6 Å². The molecule has 0 saturated carbocycles. The Bertz CT molecular complexity index is 831. The van der Waals surface area contributed by atoms with Crippen LogP contribution in [0.3, 0.4) is 0 Å². The van der Waals surface area contributed by atoms with Gasteiger partial charge in [-0.05, 0) is 24.8 Å². The molecule has 10 heteroatoms. The normalized spacial score (nSPS) is 12.5. The molecule has 3 rings (SSSR count). The van der Waals surface area contributed by atoms with E-state index in [9.17, 15) is 9.59 Å². The number of nitrogens with zero attached hydrogens (tertiary/aromatic N) is 2. The highest BCUT2D eigenvalue weighted by Crippen LogP contribution is 2.39. The van der Waals surface area contributed by atoms with E-state index in [0.717, 1.165) is 29.7 Å². The molecule has 7 nitrogen and oxygen atoms in total. The molecule has 1 aliphatic carbocycles. The lowest BCUT2D eigenvalue weighted by atomic mass is 10.1. The van der Waals surface area contributed by atoms with Crippen molar-refractivity contribution in [2.75, 3.05) is 30.0 Å². The number of nitrogens with one attached hydrogen (secondary N) is 2. The minimum atomic E-state index is -0.394. The van der Waals surface area contributed by atoms with Crippen LogP contribution in [0.2, 0.25) is 0 Å². The summed E-state index contributed by atoms with van der Waals surface area (Å²) in [6.45, 7) is 4.24. The topological polar surface area (TPSA) is 93.2 Å². The number of aromatic nitrogens is 2. The Morgan fingerprint density at radius 3 is 2.96 bits per heavy atom. The Hall–Kier alpha value is -1.91. The van der Waals surface area contributed by atoms with Gasteiger partial charge in [0.05, 0.1) is 18.4 Å². The van der Waals surface area contributed by atoms with Crippen molar-refractivity contribution in [2.24, 2.45) is 0 Å². The third-order valence-corrected chi connectivity index (χ3v) is 6.92. The summed E-state index contributed by atoms with van der Waals surface area (Å²) in [5.74, 6) is -0.385. The zero-order valence-electron chi connectivity index (χ0n) is 14.2. The van der Waals surface area contributed by atoms with Crippen molar-refractivity contribution in [1.29, 1.82) is 0 Å². The first kappa shape index (κ1) is 18.9. The molecular weight excluding hydrogens is 392 g/mol. The second-order valence-electron chi connectivity index (χ2n) is 5.43. The van der Waals surface area contributed by atoms with Crippen LogP contribution in [-0.2, 0) is 22.4 Å². The molecule has 1 amide bonds. The van der Waals surface area contributed by atoms with Crippen molar-refractivity contribution >= 4 is 56.4 Å². The van der Waals surface area contributed by atoms with E-state index in [1.165, 1.54) is 41.5 Å². The second-order valence-corrected chi connectivity index (χ2v) is 8.74. The molecule has 2 aromatic heterocycles. The molecule has 0 radical (unpaired) electrons. The Balaban J connectivity index is 1.61. The van der Waals surface area contributed by atoms with Gasteiger partial charge in [-0.25, -0.2) is 4.79 Å². The molecule has 0 aromatic carbocycles. The highest BCUT2D eigenvalue weighted by Gasteiger charge is 2.28. The summed E-state index contributed by atoms with van der Waals surface area (Å²) in [5, 5.41) is 15.2. The smallest absolute Gasteiger partial charge is 0.341 e. The number of carbonyl (C=O) groups is 2. The molecule has 2 N–H and O–H groups in total. The first-order valence-electron chi connectivity index (χ1n) is 7.96. The number of thioether (sulfide) groups is 1. The van der Waals surface area contributed by atoms with Crippen LogP contribution in [0.1, 0.15) is 27.2 Å². The summed E-state index contributed by atoms with van der Waals surface area (Å²) in [6, 6.07) is 0. The predicted octanol–water partition coefficient (Wildman–Crippen LogP) is 3.20. The summed E-state index contributed by atoms with van der Waals surface area (Å²) in [6.07, 6.45) is 4.57. The number of thiophene rings is 1. The van der Waals surface area contributed by atoms with Crippen molar-refractivity contribution in [3.63, 3.8) is 0 Å². The molecule has 0 spiro atoms. The molecule has 0 aliphatic heterocycles. The SMILES string of the molecule is C=CCNc1nnc(SCC(=O)Nc2sc3c(c2C(=O)OC)CCC3)s1. The number of carbonyl (C=O) groups excluding carboxylic acids is 2. The summed E-state index contributed by atoms with van der Waals surface area (Å²) < 4.78 is 5.59. The minimum absolute atomic E-state index is 0.184. The maximum Gasteiger partial charge on any atom is 0.341 e. The van der Waals surface area contributed by atoms with Crippen LogP contribution in [0.4, 0.5) is 10.1 Å². The van der Waals surface area contributed by atoms with E-state index < -0.39 is 5.97 Å². The zero-order valence-corrected chi connectivity index (χ0v) is 16.6. The first-order valence-corrected chi connectivity index (χ1v) is 10.6. The van der Waals surface area contributed by atoms with E-state index in [1.807, 2.05) is 0 Å². The minimum Gasteiger partial charge on any atom is -0.465 e. The van der Waals surface area contributed by atoms with E-state index in [0.29, 0.717) is 26.6 Å². The number of hydrogen-bond acceptors (Lipinski definition) is 9. The van der Waals surface area contributed by atoms with Gasteiger partial charge in [-0.1, -0.05) is 29.2 Å². The quantitative estimate of drug-likeness (QED) is 0.392. The van der Waals surface area contributed by atoms with E-state index in [4.69, 9.17) is 4.74 Å². The van der Waals surface area contributed by atoms with Crippen LogP contribution < -0.4 is 10.6 Å². The van der Waals surface area contributed by atoms with Gasteiger partial charge >= 0.3 is 5.97 Å². The number of rotatable bonds is 8. The molecule has 0 saturated heterocycles.